The van der Waals surface area contributed by atoms with Crippen LogP contribution in [-0.2, 0) is 28.6 Å². The average Bonchev–Trinajstić information content (AvgIpc) is 2.88. The highest BCUT2D eigenvalue weighted by Gasteiger charge is 2.32. The van der Waals surface area contributed by atoms with Crippen LogP contribution in [0.1, 0.15) is 60.8 Å². The van der Waals surface area contributed by atoms with Gasteiger partial charge in [0.15, 0.2) is 5.76 Å². The summed E-state index contributed by atoms with van der Waals surface area (Å²) in [5.74, 6) is -0.860. The number of hydrogen-bond donors (Lipinski definition) is 2. The fourth-order valence-electron chi connectivity index (χ4n) is 3.85. The van der Waals surface area contributed by atoms with Gasteiger partial charge in [-0.15, -0.1) is 0 Å². The van der Waals surface area contributed by atoms with Crippen LogP contribution in [0.25, 0.3) is 0 Å². The van der Waals surface area contributed by atoms with Crippen molar-refractivity contribution in [1.29, 1.82) is 0 Å². The molecule has 0 spiro atoms. The normalized spacial score (nSPS) is 19.3. The Morgan fingerprint density at radius 2 is 1.82 bits per heavy atom. The van der Waals surface area contributed by atoms with Crippen LogP contribution >= 0.6 is 0 Å². The van der Waals surface area contributed by atoms with E-state index in [0.717, 1.165) is 12.0 Å². The van der Waals surface area contributed by atoms with Crippen molar-refractivity contribution in [2.45, 2.75) is 79.1 Å². The van der Waals surface area contributed by atoms with E-state index in [-0.39, 0.29) is 35.7 Å². The Hall–Kier alpha value is -3.39. The van der Waals surface area contributed by atoms with Gasteiger partial charge in [0, 0.05) is 25.5 Å². The zero-order valence-electron chi connectivity index (χ0n) is 24.7. The first kappa shape index (κ1) is 33.6. The van der Waals surface area contributed by atoms with Gasteiger partial charge in [-0.05, 0) is 44.4 Å². The van der Waals surface area contributed by atoms with E-state index < -0.39 is 17.4 Å². The lowest BCUT2D eigenvalue weighted by Gasteiger charge is -2.29. The van der Waals surface area contributed by atoms with Crippen LogP contribution in [0.4, 0.5) is 0 Å². The predicted molar refractivity (Wildman–Crippen MR) is 154 cm³/mol. The Balaban J connectivity index is 2.66. The number of allylic oxidation sites excluding steroid dienone is 5. The zero-order valence-corrected chi connectivity index (χ0v) is 24.7. The van der Waals surface area contributed by atoms with E-state index in [0.29, 0.717) is 12.8 Å². The van der Waals surface area contributed by atoms with Crippen LogP contribution < -0.4 is 10.6 Å². The van der Waals surface area contributed by atoms with Crippen LogP contribution in [0.2, 0.25) is 0 Å². The number of amides is 2. The van der Waals surface area contributed by atoms with Crippen LogP contribution in [0.3, 0.4) is 0 Å². The van der Waals surface area contributed by atoms with Gasteiger partial charge in [-0.25, -0.2) is 4.79 Å². The molecule has 1 rings (SSSR count). The largest absolute Gasteiger partial charge is 0.490 e. The second kappa shape index (κ2) is 17.2. The molecular weight excluding hydrogens is 496 g/mol. The fourth-order valence-corrected chi connectivity index (χ4v) is 3.85. The third kappa shape index (κ3) is 12.8. The molecule has 0 bridgehead atoms. The van der Waals surface area contributed by atoms with Gasteiger partial charge >= 0.3 is 5.97 Å². The topological polar surface area (TPSA) is 103 Å². The quantitative estimate of drug-likeness (QED) is 0.138. The van der Waals surface area contributed by atoms with Crippen molar-refractivity contribution < 1.29 is 28.6 Å². The molecule has 0 aromatic rings. The molecule has 216 valence electrons. The van der Waals surface area contributed by atoms with Crippen LogP contribution in [0.5, 0.6) is 0 Å². The molecule has 0 radical (unpaired) electrons. The number of ether oxygens (including phenoxy) is 3. The second-order valence-electron chi connectivity index (χ2n) is 10.6. The van der Waals surface area contributed by atoms with Gasteiger partial charge in [0.2, 0.25) is 11.8 Å². The molecule has 4 atom stereocenters. The van der Waals surface area contributed by atoms with Gasteiger partial charge in [0.1, 0.15) is 12.1 Å². The van der Waals surface area contributed by atoms with E-state index in [4.69, 9.17) is 14.2 Å². The molecule has 0 aliphatic carbocycles. The van der Waals surface area contributed by atoms with Gasteiger partial charge < -0.3 is 24.8 Å². The summed E-state index contributed by atoms with van der Waals surface area (Å²) in [6.07, 6.45) is 19.7. The standard InChI is InChI=1S/C31H46N2O6/c1-9-10-15-24(37-7)16-13-20-32-29(35)28(31(4,5)6)33-27(34)17-12-11-14-22(2)21-23(3)25-18-19-26(38-8)30(36)39-25/h9-14,17,19-21,23-25,28H,15-16,18H2,1-8H3,(H,32,35)(H,33,34)/b10-9-,14-11-,17-12-,20-13-,22-21+/t23-,24-,25-,28+/m0/s1. The summed E-state index contributed by atoms with van der Waals surface area (Å²) in [5, 5.41) is 5.57. The molecule has 1 aliphatic heterocycles. The number of cyclic esters (lactones) is 1. The Labute approximate surface area is 233 Å². The molecule has 1 heterocycles. The highest BCUT2D eigenvalue weighted by molar-refractivity contribution is 5.93. The van der Waals surface area contributed by atoms with Crippen LogP contribution in [-0.4, -0.2) is 50.3 Å². The van der Waals surface area contributed by atoms with Crippen molar-refractivity contribution in [2.24, 2.45) is 11.3 Å². The molecule has 2 amide bonds. The lowest BCUT2D eigenvalue weighted by atomic mass is 9.86. The minimum atomic E-state index is -0.724. The van der Waals surface area contributed by atoms with E-state index in [1.54, 1.807) is 31.5 Å². The van der Waals surface area contributed by atoms with Gasteiger partial charge in [0.25, 0.3) is 0 Å². The Morgan fingerprint density at radius 1 is 1.15 bits per heavy atom. The minimum absolute atomic E-state index is 0.00852. The maximum absolute atomic E-state index is 12.8. The molecule has 0 saturated heterocycles. The molecular formula is C31H46N2O6. The summed E-state index contributed by atoms with van der Waals surface area (Å²) in [4.78, 5) is 37.2. The molecule has 8 heteroatoms. The van der Waals surface area contributed by atoms with Crippen molar-refractivity contribution in [3.63, 3.8) is 0 Å². The van der Waals surface area contributed by atoms with E-state index in [2.05, 4.69) is 10.6 Å². The molecule has 1 aliphatic rings. The lowest BCUT2D eigenvalue weighted by Crippen LogP contribution is -2.52. The monoisotopic (exact) mass is 542 g/mol. The van der Waals surface area contributed by atoms with Crippen molar-refractivity contribution in [3.05, 3.63) is 72.2 Å². The summed E-state index contributed by atoms with van der Waals surface area (Å²) >= 11 is 0. The lowest BCUT2D eigenvalue weighted by molar-refractivity contribution is -0.151. The molecule has 39 heavy (non-hydrogen) atoms. The first-order valence-electron chi connectivity index (χ1n) is 13.3. The minimum Gasteiger partial charge on any atom is -0.490 e. The Bertz CT molecular complexity index is 997. The first-order valence-corrected chi connectivity index (χ1v) is 13.3. The highest BCUT2D eigenvalue weighted by Crippen LogP contribution is 2.23. The van der Waals surface area contributed by atoms with E-state index in [9.17, 15) is 14.4 Å². The van der Waals surface area contributed by atoms with Gasteiger partial charge in [-0.2, -0.15) is 0 Å². The van der Waals surface area contributed by atoms with Crippen molar-refractivity contribution in [3.8, 4) is 0 Å². The van der Waals surface area contributed by atoms with Crippen molar-refractivity contribution >= 4 is 17.8 Å². The number of carbonyl (C=O) groups is 3. The fraction of sp³-hybridized carbons (Fsp3) is 0.516. The van der Waals surface area contributed by atoms with Gasteiger partial charge in [0.05, 0.1) is 13.2 Å². The zero-order chi connectivity index (χ0) is 29.4. The number of esters is 1. The van der Waals surface area contributed by atoms with Crippen molar-refractivity contribution in [2.75, 3.05) is 14.2 Å². The molecule has 0 fully saturated rings. The molecule has 8 nitrogen and oxygen atoms in total. The van der Waals surface area contributed by atoms with Crippen molar-refractivity contribution in [1.82, 2.24) is 10.6 Å². The Kier molecular flexibility index (Phi) is 14.9. The smallest absolute Gasteiger partial charge is 0.373 e. The maximum Gasteiger partial charge on any atom is 0.373 e. The number of methoxy groups -OCH3 is 2. The third-order valence-corrected chi connectivity index (χ3v) is 6.17. The number of rotatable bonds is 14. The molecule has 0 aromatic carbocycles. The molecule has 2 N–H and O–H groups in total. The van der Waals surface area contributed by atoms with E-state index >= 15 is 0 Å². The molecule has 0 saturated carbocycles. The summed E-state index contributed by atoms with van der Waals surface area (Å²) < 4.78 is 15.8. The van der Waals surface area contributed by atoms with Crippen LogP contribution in [0.15, 0.2) is 72.2 Å². The van der Waals surface area contributed by atoms with Crippen LogP contribution in [0, 0.1) is 11.3 Å². The number of hydrogen-bond acceptors (Lipinski definition) is 6. The van der Waals surface area contributed by atoms with E-state index in [1.165, 1.54) is 13.2 Å². The predicted octanol–water partition coefficient (Wildman–Crippen LogP) is 5.06. The van der Waals surface area contributed by atoms with Gasteiger partial charge in [-0.1, -0.05) is 75.8 Å². The van der Waals surface area contributed by atoms with E-state index in [1.807, 2.05) is 71.9 Å². The second-order valence-corrected chi connectivity index (χ2v) is 10.6. The van der Waals surface area contributed by atoms with Gasteiger partial charge in [-0.3, -0.25) is 9.59 Å². The first-order chi connectivity index (χ1) is 18.4. The maximum atomic E-state index is 12.8. The summed E-state index contributed by atoms with van der Waals surface area (Å²) in [5.41, 5.74) is 0.473. The SMILES string of the molecule is C/C=C\C[C@@H](C/C=C\NC(=O)[C@@H](NC(=O)\C=C/C=C\C(C)=C\[C@H](C)[C@@H]1CC=C(OC)C(=O)O1)C(C)(C)C)OC. The molecule has 0 unspecified atom stereocenters. The summed E-state index contributed by atoms with van der Waals surface area (Å²) in [7, 11) is 3.11. The average molecular weight is 543 g/mol. The summed E-state index contributed by atoms with van der Waals surface area (Å²) in [6, 6.07) is -0.724. The molecule has 0 aromatic heterocycles. The third-order valence-electron chi connectivity index (χ3n) is 6.17. The Morgan fingerprint density at radius 3 is 2.41 bits per heavy atom. The highest BCUT2D eigenvalue weighted by atomic mass is 16.6. The summed E-state index contributed by atoms with van der Waals surface area (Å²) in [6.45, 7) is 11.6. The number of nitrogens with one attached hydrogen (secondary N) is 2. The number of carbonyl (C=O) groups excluding carboxylic acids is 3.